The van der Waals surface area contributed by atoms with Gasteiger partial charge in [0, 0.05) is 6.04 Å². The molecule has 106 valence electrons. The van der Waals surface area contributed by atoms with E-state index in [2.05, 4.69) is 5.32 Å². The number of fused-ring (bicyclic) bond motifs is 1. The van der Waals surface area contributed by atoms with Gasteiger partial charge in [-0.15, -0.1) is 0 Å². The van der Waals surface area contributed by atoms with Crippen molar-refractivity contribution < 1.29 is 14.6 Å². The van der Waals surface area contributed by atoms with Gasteiger partial charge in [-0.05, 0) is 55.8 Å². The molecule has 0 aromatic heterocycles. The summed E-state index contributed by atoms with van der Waals surface area (Å²) in [6.45, 7) is 5.53. The quantitative estimate of drug-likeness (QED) is 0.900. The minimum absolute atomic E-state index is 0.0853. The van der Waals surface area contributed by atoms with Gasteiger partial charge in [0.05, 0.1) is 0 Å². The number of ether oxygens (including phenoxy) is 1. The van der Waals surface area contributed by atoms with Gasteiger partial charge >= 0.3 is 0 Å². The molecule has 20 heavy (non-hydrogen) atoms. The molecule has 4 heteroatoms. The van der Waals surface area contributed by atoms with Crippen LogP contribution in [-0.2, 0) is 4.79 Å². The summed E-state index contributed by atoms with van der Waals surface area (Å²) in [6, 6.07) is 10.8. The summed E-state index contributed by atoms with van der Waals surface area (Å²) < 4.78 is 5.63. The van der Waals surface area contributed by atoms with E-state index in [1.54, 1.807) is 19.1 Å². The highest BCUT2D eigenvalue weighted by molar-refractivity contribution is 5.85. The first-order valence-electron chi connectivity index (χ1n) is 6.65. The van der Waals surface area contributed by atoms with Gasteiger partial charge in [0.2, 0.25) is 0 Å². The molecule has 0 saturated heterocycles. The summed E-state index contributed by atoms with van der Waals surface area (Å²) in [7, 11) is 0. The SMILES string of the molecule is CC(C)NC(=O)C(C)Oc1ccc2ccc(O)cc2c1. The molecule has 2 aromatic rings. The highest BCUT2D eigenvalue weighted by atomic mass is 16.5. The van der Waals surface area contributed by atoms with Crippen LogP contribution in [0.15, 0.2) is 36.4 Å². The fourth-order valence-electron chi connectivity index (χ4n) is 1.95. The van der Waals surface area contributed by atoms with Gasteiger partial charge in [0.25, 0.3) is 5.91 Å². The maximum Gasteiger partial charge on any atom is 0.260 e. The zero-order valence-corrected chi connectivity index (χ0v) is 11.9. The fourth-order valence-corrected chi connectivity index (χ4v) is 1.95. The summed E-state index contributed by atoms with van der Waals surface area (Å²) in [5, 5.41) is 14.2. The maximum atomic E-state index is 11.8. The number of hydrogen-bond acceptors (Lipinski definition) is 3. The Morgan fingerprint density at radius 2 is 1.80 bits per heavy atom. The molecule has 0 aliphatic heterocycles. The molecular weight excluding hydrogens is 254 g/mol. The third kappa shape index (κ3) is 3.41. The van der Waals surface area contributed by atoms with Crippen LogP contribution in [0.2, 0.25) is 0 Å². The Kier molecular flexibility index (Phi) is 4.13. The van der Waals surface area contributed by atoms with Crippen LogP contribution in [0, 0.1) is 0 Å². The Labute approximate surface area is 118 Å². The lowest BCUT2D eigenvalue weighted by Crippen LogP contribution is -2.40. The second-order valence-electron chi connectivity index (χ2n) is 5.12. The van der Waals surface area contributed by atoms with Crippen molar-refractivity contribution in [2.75, 3.05) is 0 Å². The lowest BCUT2D eigenvalue weighted by atomic mass is 10.1. The van der Waals surface area contributed by atoms with Crippen LogP contribution in [0.4, 0.5) is 0 Å². The molecule has 1 atom stereocenters. The molecule has 2 aromatic carbocycles. The predicted molar refractivity (Wildman–Crippen MR) is 79.0 cm³/mol. The monoisotopic (exact) mass is 273 g/mol. The van der Waals surface area contributed by atoms with Crippen LogP contribution < -0.4 is 10.1 Å². The number of benzene rings is 2. The number of rotatable bonds is 4. The Hall–Kier alpha value is -2.23. The zero-order valence-electron chi connectivity index (χ0n) is 11.9. The van der Waals surface area contributed by atoms with Crippen molar-refractivity contribution in [1.82, 2.24) is 5.32 Å². The molecule has 2 N–H and O–H groups in total. The van der Waals surface area contributed by atoms with Gasteiger partial charge in [-0.3, -0.25) is 4.79 Å². The summed E-state index contributed by atoms with van der Waals surface area (Å²) in [5.74, 6) is 0.672. The van der Waals surface area contributed by atoms with Crippen molar-refractivity contribution in [2.45, 2.75) is 32.9 Å². The first-order chi connectivity index (χ1) is 9.45. The topological polar surface area (TPSA) is 58.6 Å². The first kappa shape index (κ1) is 14.2. The molecule has 0 bridgehead atoms. The molecule has 0 spiro atoms. The number of aromatic hydroxyl groups is 1. The lowest BCUT2D eigenvalue weighted by molar-refractivity contribution is -0.127. The van der Waals surface area contributed by atoms with E-state index < -0.39 is 6.10 Å². The Balaban J connectivity index is 2.15. The van der Waals surface area contributed by atoms with Gasteiger partial charge in [-0.25, -0.2) is 0 Å². The minimum atomic E-state index is -0.563. The van der Waals surface area contributed by atoms with Gasteiger partial charge in [-0.1, -0.05) is 12.1 Å². The molecule has 0 fully saturated rings. The number of hydrogen-bond donors (Lipinski definition) is 2. The van der Waals surface area contributed by atoms with E-state index in [0.717, 1.165) is 10.8 Å². The molecule has 2 rings (SSSR count). The van der Waals surface area contributed by atoms with E-state index in [0.29, 0.717) is 5.75 Å². The fraction of sp³-hybridized carbons (Fsp3) is 0.312. The van der Waals surface area contributed by atoms with E-state index in [4.69, 9.17) is 4.74 Å². The second kappa shape index (κ2) is 5.82. The van der Waals surface area contributed by atoms with Crippen molar-refractivity contribution in [3.63, 3.8) is 0 Å². The van der Waals surface area contributed by atoms with E-state index in [9.17, 15) is 9.90 Å². The van der Waals surface area contributed by atoms with Crippen molar-refractivity contribution in [3.05, 3.63) is 36.4 Å². The molecule has 1 unspecified atom stereocenters. The normalized spacial score (nSPS) is 12.4. The third-order valence-electron chi connectivity index (χ3n) is 2.91. The largest absolute Gasteiger partial charge is 0.508 e. The number of carbonyl (C=O) groups is 1. The summed E-state index contributed by atoms with van der Waals surface area (Å²) >= 11 is 0. The summed E-state index contributed by atoms with van der Waals surface area (Å²) in [6.07, 6.45) is -0.563. The summed E-state index contributed by atoms with van der Waals surface area (Å²) in [4.78, 5) is 11.8. The van der Waals surface area contributed by atoms with Gasteiger partial charge < -0.3 is 15.2 Å². The number of nitrogens with one attached hydrogen (secondary N) is 1. The van der Waals surface area contributed by atoms with E-state index in [1.165, 1.54) is 0 Å². The van der Waals surface area contributed by atoms with Crippen molar-refractivity contribution >= 4 is 16.7 Å². The van der Waals surface area contributed by atoms with Crippen molar-refractivity contribution in [2.24, 2.45) is 0 Å². The van der Waals surface area contributed by atoms with E-state index in [-0.39, 0.29) is 17.7 Å². The maximum absolute atomic E-state index is 11.8. The second-order valence-corrected chi connectivity index (χ2v) is 5.12. The Bertz CT molecular complexity index is 622. The average Bonchev–Trinajstić information content (AvgIpc) is 2.37. The zero-order chi connectivity index (χ0) is 14.7. The van der Waals surface area contributed by atoms with E-state index >= 15 is 0 Å². The van der Waals surface area contributed by atoms with Crippen LogP contribution >= 0.6 is 0 Å². The third-order valence-corrected chi connectivity index (χ3v) is 2.91. The highest BCUT2D eigenvalue weighted by Crippen LogP contribution is 2.24. The van der Waals surface area contributed by atoms with Crippen molar-refractivity contribution in [1.29, 1.82) is 0 Å². The molecule has 0 aliphatic carbocycles. The van der Waals surface area contributed by atoms with Crippen molar-refractivity contribution in [3.8, 4) is 11.5 Å². The first-order valence-corrected chi connectivity index (χ1v) is 6.65. The number of phenolic OH excluding ortho intramolecular Hbond substituents is 1. The number of phenols is 1. The molecule has 0 aliphatic rings. The predicted octanol–water partition coefficient (Wildman–Crippen LogP) is 2.84. The van der Waals surface area contributed by atoms with Crippen LogP contribution in [0.25, 0.3) is 10.8 Å². The van der Waals surface area contributed by atoms with Crippen LogP contribution in [0.1, 0.15) is 20.8 Å². The van der Waals surface area contributed by atoms with Gasteiger partial charge in [0.1, 0.15) is 11.5 Å². The van der Waals surface area contributed by atoms with E-state index in [1.807, 2.05) is 38.1 Å². The highest BCUT2D eigenvalue weighted by Gasteiger charge is 2.15. The number of carbonyl (C=O) groups excluding carboxylic acids is 1. The Morgan fingerprint density at radius 3 is 2.50 bits per heavy atom. The molecule has 0 heterocycles. The standard InChI is InChI=1S/C16H19NO3/c1-10(2)17-16(19)11(3)20-15-7-5-12-4-6-14(18)8-13(12)9-15/h4-11,18H,1-3H3,(H,17,19). The molecule has 1 amide bonds. The molecular formula is C16H19NO3. The molecule has 0 radical (unpaired) electrons. The Morgan fingerprint density at radius 1 is 1.10 bits per heavy atom. The van der Waals surface area contributed by atoms with Gasteiger partial charge in [0.15, 0.2) is 6.10 Å². The average molecular weight is 273 g/mol. The van der Waals surface area contributed by atoms with Crippen LogP contribution in [-0.4, -0.2) is 23.2 Å². The lowest BCUT2D eigenvalue weighted by Gasteiger charge is -2.16. The smallest absolute Gasteiger partial charge is 0.260 e. The molecule has 4 nitrogen and oxygen atoms in total. The minimum Gasteiger partial charge on any atom is -0.508 e. The van der Waals surface area contributed by atoms with Gasteiger partial charge in [-0.2, -0.15) is 0 Å². The molecule has 0 saturated carbocycles. The van der Waals surface area contributed by atoms with Crippen LogP contribution in [0.3, 0.4) is 0 Å². The van der Waals surface area contributed by atoms with Crippen LogP contribution in [0.5, 0.6) is 11.5 Å². The number of amides is 1. The summed E-state index contributed by atoms with van der Waals surface area (Å²) in [5.41, 5.74) is 0.